The van der Waals surface area contributed by atoms with Crippen LogP contribution in [0.25, 0.3) is 0 Å². The molecule has 0 amide bonds. The molecule has 0 aliphatic heterocycles. The van der Waals surface area contributed by atoms with Crippen molar-refractivity contribution in [1.29, 1.82) is 0 Å². The van der Waals surface area contributed by atoms with Gasteiger partial charge in [0.2, 0.25) is 0 Å². The number of hydrogen-bond donors (Lipinski definition) is 1. The zero-order valence-corrected chi connectivity index (χ0v) is 8.22. The number of aryl methyl sites for hydroxylation is 3. The summed E-state index contributed by atoms with van der Waals surface area (Å²) in [5.74, 6) is 0. The molecule has 0 spiro atoms. The summed E-state index contributed by atoms with van der Waals surface area (Å²) in [5.41, 5.74) is 3.54. The van der Waals surface area contributed by atoms with Gasteiger partial charge in [0.1, 0.15) is 5.56 Å². The second kappa shape index (κ2) is 3.69. The number of rotatable bonds is 3. The third kappa shape index (κ3) is 2.04. The Hall–Kier alpha value is -0.530. The Morgan fingerprint density at radius 1 is 1.31 bits per heavy atom. The van der Waals surface area contributed by atoms with Gasteiger partial charge in [-0.05, 0) is 42.4 Å². The Morgan fingerprint density at radius 3 is 2.62 bits per heavy atom. The largest absolute Gasteiger partial charge is 0.378 e. The van der Waals surface area contributed by atoms with Crippen molar-refractivity contribution in [3.8, 4) is 0 Å². The first-order valence-corrected chi connectivity index (χ1v) is 5.12. The number of hydrogen-bond acceptors (Lipinski definition) is 1. The van der Waals surface area contributed by atoms with Gasteiger partial charge in [-0.2, -0.15) is 0 Å². The average Bonchev–Trinajstić information content (AvgIpc) is 2.05. The molecule has 1 aliphatic rings. The summed E-state index contributed by atoms with van der Waals surface area (Å²) in [7, 11) is 0. The Labute approximate surface area is 83.3 Å². The highest BCUT2D eigenvalue weighted by atomic mass is 35.5. The molecule has 1 nitrogen and oxygen atoms in total. The smallest absolute Gasteiger partial charge is 0.128 e. The fourth-order valence-electron chi connectivity index (χ4n) is 1.69. The van der Waals surface area contributed by atoms with Crippen LogP contribution in [-0.4, -0.2) is 10.7 Å². The molecule has 13 heavy (non-hydrogen) atoms. The highest BCUT2D eigenvalue weighted by molar-refractivity contribution is 6.19. The summed E-state index contributed by atoms with van der Waals surface area (Å²) >= 11 is 5.47. The first-order valence-electron chi connectivity index (χ1n) is 4.68. The van der Waals surface area contributed by atoms with Crippen LogP contribution in [0, 0.1) is 0 Å². The number of halogens is 1. The van der Waals surface area contributed by atoms with Crippen LogP contribution < -0.4 is 0 Å². The van der Waals surface area contributed by atoms with Crippen LogP contribution >= 0.6 is 11.6 Å². The molecule has 1 N–H and O–H groups in total. The molecule has 2 rings (SSSR count). The fraction of sp³-hybridized carbons (Fsp3) is 0.455. The fourth-order valence-corrected chi connectivity index (χ4v) is 1.80. The van der Waals surface area contributed by atoms with Crippen molar-refractivity contribution < 1.29 is 5.11 Å². The van der Waals surface area contributed by atoms with E-state index in [1.807, 2.05) is 0 Å². The first kappa shape index (κ1) is 9.04. The quantitative estimate of drug-likeness (QED) is 0.736. The van der Waals surface area contributed by atoms with E-state index in [-0.39, 0.29) is 0 Å². The second-order valence-corrected chi connectivity index (χ2v) is 4.08. The lowest BCUT2D eigenvalue weighted by molar-refractivity contribution is 0.246. The molecule has 0 saturated carbocycles. The van der Waals surface area contributed by atoms with Crippen LogP contribution in [0.15, 0.2) is 18.2 Å². The van der Waals surface area contributed by atoms with Crippen molar-refractivity contribution in [3.63, 3.8) is 0 Å². The molecule has 1 aromatic carbocycles. The maximum absolute atomic E-state index is 8.92. The molecule has 0 radical (unpaired) electrons. The topological polar surface area (TPSA) is 20.2 Å². The Balaban J connectivity index is 2.01. The molecule has 70 valence electrons. The number of aliphatic hydroxyl groups is 1. The van der Waals surface area contributed by atoms with Gasteiger partial charge in [0.15, 0.2) is 0 Å². The molecule has 1 aromatic rings. The molecule has 0 bridgehead atoms. The minimum Gasteiger partial charge on any atom is -0.378 e. The van der Waals surface area contributed by atoms with Gasteiger partial charge < -0.3 is 5.11 Å². The third-order valence-corrected chi connectivity index (χ3v) is 2.82. The zero-order chi connectivity index (χ0) is 9.26. The SMILES string of the molecule is OC(Cl)CCc1ccc2c(c1)CC2. The highest BCUT2D eigenvalue weighted by Gasteiger charge is 2.12. The normalized spacial score (nSPS) is 16.2. The monoisotopic (exact) mass is 196 g/mol. The lowest BCUT2D eigenvalue weighted by Gasteiger charge is -2.19. The van der Waals surface area contributed by atoms with Crippen molar-refractivity contribution >= 4 is 11.6 Å². The Bertz CT molecular complexity index is 307. The lowest BCUT2D eigenvalue weighted by atomic mass is 9.87. The van der Waals surface area contributed by atoms with Gasteiger partial charge in [-0.3, -0.25) is 0 Å². The average molecular weight is 197 g/mol. The van der Waals surface area contributed by atoms with Gasteiger partial charge in [-0.1, -0.05) is 29.8 Å². The van der Waals surface area contributed by atoms with Crippen LogP contribution in [0.1, 0.15) is 23.1 Å². The Kier molecular flexibility index (Phi) is 2.56. The third-order valence-electron chi connectivity index (χ3n) is 2.61. The van der Waals surface area contributed by atoms with Gasteiger partial charge >= 0.3 is 0 Å². The van der Waals surface area contributed by atoms with E-state index in [2.05, 4.69) is 18.2 Å². The van der Waals surface area contributed by atoms with E-state index in [0.717, 1.165) is 6.42 Å². The molecule has 1 atom stereocenters. The maximum atomic E-state index is 8.92. The van der Waals surface area contributed by atoms with Gasteiger partial charge in [0, 0.05) is 0 Å². The van der Waals surface area contributed by atoms with Gasteiger partial charge in [-0.15, -0.1) is 0 Å². The minimum absolute atomic E-state index is 0.639. The standard InChI is InChI=1S/C11H13ClO/c12-11(13)6-2-8-1-3-9-4-5-10(9)7-8/h1,3,7,11,13H,2,4-6H2. The number of alkyl halides is 1. The zero-order valence-electron chi connectivity index (χ0n) is 7.46. The molecule has 0 aromatic heterocycles. The van der Waals surface area contributed by atoms with Crippen LogP contribution in [0.5, 0.6) is 0 Å². The summed E-state index contributed by atoms with van der Waals surface area (Å²) < 4.78 is 0. The number of benzene rings is 1. The number of aliphatic hydroxyl groups excluding tert-OH is 1. The molecular formula is C11H13ClO. The van der Waals surface area contributed by atoms with Gasteiger partial charge in [0.05, 0.1) is 0 Å². The molecule has 1 aliphatic carbocycles. The van der Waals surface area contributed by atoms with Crippen molar-refractivity contribution in [3.05, 3.63) is 34.9 Å². The van der Waals surface area contributed by atoms with E-state index in [0.29, 0.717) is 6.42 Å². The van der Waals surface area contributed by atoms with Gasteiger partial charge in [0.25, 0.3) is 0 Å². The van der Waals surface area contributed by atoms with E-state index < -0.39 is 5.56 Å². The summed E-state index contributed by atoms with van der Waals surface area (Å²) in [4.78, 5) is 0. The molecule has 0 heterocycles. The molecule has 0 saturated heterocycles. The van der Waals surface area contributed by atoms with E-state index in [9.17, 15) is 0 Å². The molecular weight excluding hydrogens is 184 g/mol. The van der Waals surface area contributed by atoms with Gasteiger partial charge in [-0.25, -0.2) is 0 Å². The predicted molar refractivity (Wildman–Crippen MR) is 54.0 cm³/mol. The van der Waals surface area contributed by atoms with E-state index in [1.165, 1.54) is 29.5 Å². The van der Waals surface area contributed by atoms with E-state index in [4.69, 9.17) is 16.7 Å². The number of fused-ring (bicyclic) bond motifs is 1. The summed E-state index contributed by atoms with van der Waals surface area (Å²) in [6, 6.07) is 6.56. The summed E-state index contributed by atoms with van der Waals surface area (Å²) in [6.45, 7) is 0. The van der Waals surface area contributed by atoms with Crippen LogP contribution in [0.4, 0.5) is 0 Å². The molecule has 0 fully saturated rings. The molecule has 2 heteroatoms. The lowest BCUT2D eigenvalue weighted by Crippen LogP contribution is -2.08. The van der Waals surface area contributed by atoms with Crippen molar-refractivity contribution in [2.45, 2.75) is 31.2 Å². The summed E-state index contributed by atoms with van der Waals surface area (Å²) in [6.07, 6.45) is 3.96. The van der Waals surface area contributed by atoms with Crippen molar-refractivity contribution in [1.82, 2.24) is 0 Å². The van der Waals surface area contributed by atoms with Crippen molar-refractivity contribution in [2.24, 2.45) is 0 Å². The minimum atomic E-state index is -0.703. The summed E-state index contributed by atoms with van der Waals surface area (Å²) in [5, 5.41) is 8.92. The first-order chi connectivity index (χ1) is 6.25. The van der Waals surface area contributed by atoms with Crippen LogP contribution in [0.2, 0.25) is 0 Å². The van der Waals surface area contributed by atoms with Crippen LogP contribution in [-0.2, 0) is 19.3 Å². The Morgan fingerprint density at radius 2 is 2.08 bits per heavy atom. The second-order valence-electron chi connectivity index (χ2n) is 3.58. The predicted octanol–water partition coefficient (Wildman–Crippen LogP) is 2.28. The highest BCUT2D eigenvalue weighted by Crippen LogP contribution is 2.24. The molecule has 1 unspecified atom stereocenters. The van der Waals surface area contributed by atoms with E-state index in [1.54, 1.807) is 0 Å². The van der Waals surface area contributed by atoms with Crippen LogP contribution in [0.3, 0.4) is 0 Å². The van der Waals surface area contributed by atoms with Crippen molar-refractivity contribution in [2.75, 3.05) is 0 Å². The van der Waals surface area contributed by atoms with E-state index >= 15 is 0 Å². The maximum Gasteiger partial charge on any atom is 0.128 e.